The lowest BCUT2D eigenvalue weighted by Gasteiger charge is -2.53. The number of aromatic carboxylic acids is 1. The first kappa shape index (κ1) is 11.4. The van der Waals surface area contributed by atoms with Gasteiger partial charge in [0.05, 0.1) is 0 Å². The number of carbonyl (C=O) groups is 1. The Balaban J connectivity index is 1.51. The molecular formula is C15H19NO3. The smallest absolute Gasteiger partial charge is 0.352 e. The van der Waals surface area contributed by atoms with E-state index in [2.05, 4.69) is 4.98 Å². The average Bonchev–Trinajstić information content (AvgIpc) is 2.81. The molecule has 0 spiro atoms. The van der Waals surface area contributed by atoms with E-state index in [0.717, 1.165) is 11.8 Å². The van der Waals surface area contributed by atoms with Gasteiger partial charge in [0.1, 0.15) is 17.5 Å². The Morgan fingerprint density at radius 2 is 1.79 bits per heavy atom. The predicted octanol–water partition coefficient (Wildman–Crippen LogP) is 2.92. The molecule has 0 radical (unpaired) electrons. The van der Waals surface area contributed by atoms with Crippen LogP contribution in [0.5, 0.6) is 5.75 Å². The first-order valence-corrected chi connectivity index (χ1v) is 7.27. The number of carboxylic acids is 1. The molecule has 4 saturated carbocycles. The number of carboxylic acid groups (broad SMARTS) is 1. The average molecular weight is 261 g/mol. The number of aromatic amines is 1. The van der Waals surface area contributed by atoms with Crippen molar-refractivity contribution in [2.45, 2.75) is 38.2 Å². The van der Waals surface area contributed by atoms with Crippen LogP contribution in [0.25, 0.3) is 0 Å². The van der Waals surface area contributed by atoms with E-state index in [1.165, 1.54) is 32.1 Å². The van der Waals surface area contributed by atoms with Crippen LogP contribution >= 0.6 is 0 Å². The molecule has 1 heterocycles. The number of hydrogen-bond donors (Lipinski definition) is 2. The molecule has 1 aromatic heterocycles. The highest BCUT2D eigenvalue weighted by atomic mass is 16.5. The minimum Gasteiger partial charge on any atom is -0.488 e. The van der Waals surface area contributed by atoms with Crippen LogP contribution in [0.3, 0.4) is 0 Å². The van der Waals surface area contributed by atoms with Crippen LogP contribution in [-0.4, -0.2) is 22.2 Å². The number of ether oxygens (including phenoxy) is 1. The highest BCUT2D eigenvalue weighted by molar-refractivity contribution is 5.86. The molecular weight excluding hydrogens is 242 g/mol. The Morgan fingerprint density at radius 3 is 2.32 bits per heavy atom. The molecule has 0 saturated heterocycles. The summed E-state index contributed by atoms with van der Waals surface area (Å²) in [5.74, 6) is 3.01. The van der Waals surface area contributed by atoms with Gasteiger partial charge in [0.15, 0.2) is 0 Å². The molecule has 4 fully saturated rings. The lowest BCUT2D eigenvalue weighted by atomic mass is 9.55. The highest BCUT2D eigenvalue weighted by Gasteiger charge is 2.49. The summed E-state index contributed by atoms with van der Waals surface area (Å²) in [5, 5.41) is 8.92. The zero-order valence-electron chi connectivity index (χ0n) is 10.8. The van der Waals surface area contributed by atoms with Gasteiger partial charge in [-0.15, -0.1) is 0 Å². The third-order valence-electron chi connectivity index (χ3n) is 5.30. The van der Waals surface area contributed by atoms with E-state index in [9.17, 15) is 4.79 Å². The monoisotopic (exact) mass is 261 g/mol. The van der Waals surface area contributed by atoms with E-state index < -0.39 is 5.97 Å². The molecule has 5 rings (SSSR count). The van der Waals surface area contributed by atoms with Crippen molar-refractivity contribution in [3.63, 3.8) is 0 Å². The van der Waals surface area contributed by atoms with Crippen LogP contribution in [0, 0.1) is 23.7 Å². The highest BCUT2D eigenvalue weighted by Crippen LogP contribution is 2.54. The molecule has 4 heteroatoms. The summed E-state index contributed by atoms with van der Waals surface area (Å²) in [6.07, 6.45) is 8.68. The second-order valence-corrected chi connectivity index (χ2v) is 6.57. The van der Waals surface area contributed by atoms with Crippen molar-refractivity contribution in [3.8, 4) is 5.75 Å². The zero-order chi connectivity index (χ0) is 13.0. The Bertz CT molecular complexity index is 479. The fraction of sp³-hybridized carbons (Fsp3) is 0.667. The van der Waals surface area contributed by atoms with Gasteiger partial charge >= 0.3 is 5.97 Å². The molecule has 4 aliphatic carbocycles. The fourth-order valence-corrected chi connectivity index (χ4v) is 4.79. The molecule has 4 nitrogen and oxygen atoms in total. The van der Waals surface area contributed by atoms with E-state index in [1.807, 2.05) is 0 Å². The Labute approximate surface area is 112 Å². The summed E-state index contributed by atoms with van der Waals surface area (Å²) in [5.41, 5.74) is 0.207. The summed E-state index contributed by atoms with van der Waals surface area (Å²) in [6.45, 7) is 0. The van der Waals surface area contributed by atoms with Gasteiger partial charge in [-0.1, -0.05) is 0 Å². The first-order chi connectivity index (χ1) is 9.19. The molecule has 0 amide bonds. The molecule has 0 atom stereocenters. The molecule has 2 N–H and O–H groups in total. The van der Waals surface area contributed by atoms with Crippen molar-refractivity contribution in [2.24, 2.45) is 23.7 Å². The van der Waals surface area contributed by atoms with Crippen molar-refractivity contribution in [2.75, 3.05) is 0 Å². The number of H-pyrrole nitrogens is 1. The van der Waals surface area contributed by atoms with Gasteiger partial charge in [-0.25, -0.2) is 4.79 Å². The summed E-state index contributed by atoms with van der Waals surface area (Å²) in [7, 11) is 0. The van der Waals surface area contributed by atoms with Crippen molar-refractivity contribution < 1.29 is 14.6 Å². The zero-order valence-corrected chi connectivity index (χ0v) is 10.8. The summed E-state index contributed by atoms with van der Waals surface area (Å²) in [6, 6.07) is 1.60. The second-order valence-electron chi connectivity index (χ2n) is 6.57. The van der Waals surface area contributed by atoms with Crippen LogP contribution in [0.2, 0.25) is 0 Å². The topological polar surface area (TPSA) is 62.3 Å². The van der Waals surface area contributed by atoms with Crippen LogP contribution < -0.4 is 4.74 Å². The maximum Gasteiger partial charge on any atom is 0.352 e. The van der Waals surface area contributed by atoms with Crippen molar-refractivity contribution >= 4 is 5.97 Å². The van der Waals surface area contributed by atoms with Crippen molar-refractivity contribution in [3.05, 3.63) is 18.0 Å². The minimum atomic E-state index is -0.931. The number of aromatic nitrogens is 1. The predicted molar refractivity (Wildman–Crippen MR) is 69.2 cm³/mol. The van der Waals surface area contributed by atoms with E-state index in [1.54, 1.807) is 12.3 Å². The van der Waals surface area contributed by atoms with Gasteiger partial charge in [-0.05, 0) is 55.8 Å². The first-order valence-electron chi connectivity index (χ1n) is 7.27. The van der Waals surface area contributed by atoms with Gasteiger partial charge < -0.3 is 14.8 Å². The molecule has 1 aromatic rings. The Kier molecular flexibility index (Phi) is 2.41. The van der Waals surface area contributed by atoms with Crippen LogP contribution in [0.1, 0.15) is 42.6 Å². The number of nitrogens with one attached hydrogen (secondary N) is 1. The maximum atomic E-state index is 10.9. The third-order valence-corrected chi connectivity index (χ3v) is 5.30. The lowest BCUT2D eigenvalue weighted by Crippen LogP contribution is -2.50. The quantitative estimate of drug-likeness (QED) is 0.879. The largest absolute Gasteiger partial charge is 0.488 e. The normalized spacial score (nSPS) is 39.5. The Morgan fingerprint density at radius 1 is 1.16 bits per heavy atom. The van der Waals surface area contributed by atoms with E-state index in [-0.39, 0.29) is 5.69 Å². The second kappa shape index (κ2) is 4.02. The van der Waals surface area contributed by atoms with Crippen LogP contribution in [0.15, 0.2) is 12.3 Å². The minimum absolute atomic E-state index is 0.207. The van der Waals surface area contributed by atoms with Gasteiger partial charge in [0.25, 0.3) is 0 Å². The summed E-state index contributed by atoms with van der Waals surface area (Å²) < 4.78 is 6.13. The molecule has 0 unspecified atom stereocenters. The SMILES string of the molecule is O=C(O)c1cc(OC2C3CC4CC(C3)CC2C4)c[nH]1. The number of rotatable bonds is 3. The van der Waals surface area contributed by atoms with E-state index in [0.29, 0.717) is 23.7 Å². The molecule has 4 aliphatic rings. The van der Waals surface area contributed by atoms with Gasteiger partial charge in [0, 0.05) is 12.3 Å². The third kappa shape index (κ3) is 1.85. The van der Waals surface area contributed by atoms with Crippen LogP contribution in [-0.2, 0) is 0 Å². The molecule has 4 bridgehead atoms. The van der Waals surface area contributed by atoms with Gasteiger partial charge in [-0.3, -0.25) is 0 Å². The maximum absolute atomic E-state index is 10.9. The van der Waals surface area contributed by atoms with Crippen molar-refractivity contribution in [1.82, 2.24) is 4.98 Å². The summed E-state index contributed by atoms with van der Waals surface area (Å²) in [4.78, 5) is 13.6. The van der Waals surface area contributed by atoms with Gasteiger partial charge in [0.2, 0.25) is 0 Å². The van der Waals surface area contributed by atoms with E-state index in [4.69, 9.17) is 9.84 Å². The Hall–Kier alpha value is -1.45. The van der Waals surface area contributed by atoms with E-state index >= 15 is 0 Å². The van der Waals surface area contributed by atoms with Crippen LogP contribution in [0.4, 0.5) is 0 Å². The summed E-state index contributed by atoms with van der Waals surface area (Å²) >= 11 is 0. The molecule has 102 valence electrons. The van der Waals surface area contributed by atoms with Crippen molar-refractivity contribution in [1.29, 1.82) is 0 Å². The molecule has 0 aromatic carbocycles. The standard InChI is InChI=1S/C15H19NO3/c17-15(18)13-6-12(7-16-13)19-14-10-2-8-1-9(4-10)5-11(14)3-8/h6-11,14,16H,1-5H2,(H,17,18). The number of hydrogen-bond acceptors (Lipinski definition) is 2. The molecule has 19 heavy (non-hydrogen) atoms. The molecule has 0 aliphatic heterocycles. The fourth-order valence-electron chi connectivity index (χ4n) is 4.79. The lowest BCUT2D eigenvalue weighted by molar-refractivity contribution is -0.0789. The van der Waals surface area contributed by atoms with Gasteiger partial charge in [-0.2, -0.15) is 0 Å².